The lowest BCUT2D eigenvalue weighted by Gasteiger charge is -2.26. The smallest absolute Gasteiger partial charge is 0.401 e. The molecule has 1 N–H and O–H groups in total. The minimum Gasteiger partial charge on any atom is -0.478 e. The summed E-state index contributed by atoms with van der Waals surface area (Å²) in [6, 6.07) is 3.81. The van der Waals surface area contributed by atoms with Crippen LogP contribution in [0.15, 0.2) is 23.3 Å². The molecule has 1 aromatic heterocycles. The Hall–Kier alpha value is -1.30. The Morgan fingerprint density at radius 2 is 2.13 bits per heavy atom. The van der Waals surface area contributed by atoms with E-state index in [2.05, 4.69) is 20.2 Å². The minimum atomic E-state index is -4.16. The van der Waals surface area contributed by atoms with E-state index < -0.39 is 12.7 Å². The van der Waals surface area contributed by atoms with Crippen molar-refractivity contribution in [3.63, 3.8) is 0 Å². The molecule has 1 aliphatic heterocycles. The fourth-order valence-corrected chi connectivity index (χ4v) is 3.42. The Bertz CT molecular complexity index is 642. The molecule has 1 fully saturated rings. The summed E-state index contributed by atoms with van der Waals surface area (Å²) < 4.78 is 43.5. The third kappa shape index (κ3) is 9.23. The molecule has 0 amide bonds. The van der Waals surface area contributed by atoms with Crippen LogP contribution in [0, 0.1) is 5.92 Å². The maximum atomic E-state index is 12.7. The lowest BCUT2D eigenvalue weighted by Crippen LogP contribution is -2.41. The fourth-order valence-electron chi connectivity index (χ4n) is 3.42. The summed E-state index contributed by atoms with van der Waals surface area (Å²) in [6.45, 7) is 6.52. The van der Waals surface area contributed by atoms with Gasteiger partial charge in [0.15, 0.2) is 5.96 Å². The van der Waals surface area contributed by atoms with Gasteiger partial charge in [0.05, 0.1) is 13.2 Å². The van der Waals surface area contributed by atoms with Gasteiger partial charge in [-0.25, -0.2) is 4.98 Å². The number of halogens is 4. The second-order valence-corrected chi connectivity index (χ2v) is 7.30. The highest BCUT2D eigenvalue weighted by molar-refractivity contribution is 14.0. The van der Waals surface area contributed by atoms with Crippen LogP contribution in [0.4, 0.5) is 13.2 Å². The number of aromatic nitrogens is 1. The van der Waals surface area contributed by atoms with E-state index >= 15 is 0 Å². The highest BCUT2D eigenvalue weighted by Gasteiger charge is 2.32. The Balaban J connectivity index is 0.00000450. The van der Waals surface area contributed by atoms with E-state index in [-0.39, 0.29) is 29.9 Å². The maximum Gasteiger partial charge on any atom is 0.401 e. The second kappa shape index (κ2) is 13.2. The molecule has 0 bridgehead atoms. The van der Waals surface area contributed by atoms with Gasteiger partial charge in [0, 0.05) is 45.5 Å². The molecule has 6 nitrogen and oxygen atoms in total. The van der Waals surface area contributed by atoms with Gasteiger partial charge in [0.1, 0.15) is 0 Å². The predicted octanol–water partition coefficient (Wildman–Crippen LogP) is 3.77. The monoisotopic (exact) mass is 543 g/mol. The summed E-state index contributed by atoms with van der Waals surface area (Å²) in [5.41, 5.74) is 1.01. The lowest BCUT2D eigenvalue weighted by atomic mass is 10.1. The summed E-state index contributed by atoms with van der Waals surface area (Å²) in [4.78, 5) is 12.2. The first-order chi connectivity index (χ1) is 13.8. The van der Waals surface area contributed by atoms with Crippen molar-refractivity contribution in [3.8, 4) is 5.88 Å². The van der Waals surface area contributed by atoms with Crippen LogP contribution in [-0.4, -0.2) is 73.3 Å². The molecular formula is C20H33F3IN5O. The number of guanidine groups is 1. The molecule has 2 rings (SSSR count). The Kier molecular flexibility index (Phi) is 11.7. The predicted molar refractivity (Wildman–Crippen MR) is 123 cm³/mol. The van der Waals surface area contributed by atoms with E-state index in [9.17, 15) is 13.2 Å². The number of aliphatic imine (C=N–C) groups is 1. The molecule has 30 heavy (non-hydrogen) atoms. The third-order valence-electron chi connectivity index (χ3n) is 4.87. The topological polar surface area (TPSA) is 53.0 Å². The Morgan fingerprint density at radius 3 is 2.70 bits per heavy atom. The molecule has 1 atom stereocenters. The summed E-state index contributed by atoms with van der Waals surface area (Å²) in [7, 11) is 1.72. The average molecular weight is 543 g/mol. The number of ether oxygens (including phenoxy) is 1. The zero-order chi connectivity index (χ0) is 21.3. The number of hydrogen-bond donors (Lipinski definition) is 1. The van der Waals surface area contributed by atoms with E-state index in [1.54, 1.807) is 20.2 Å². The summed E-state index contributed by atoms with van der Waals surface area (Å²) in [5, 5.41) is 3.32. The van der Waals surface area contributed by atoms with Crippen LogP contribution in [-0.2, 0) is 6.54 Å². The van der Waals surface area contributed by atoms with Gasteiger partial charge in [-0.3, -0.25) is 9.89 Å². The van der Waals surface area contributed by atoms with Crippen LogP contribution >= 0.6 is 24.0 Å². The Labute approximate surface area is 194 Å². The van der Waals surface area contributed by atoms with Crippen LogP contribution in [0.1, 0.15) is 32.3 Å². The van der Waals surface area contributed by atoms with Crippen molar-refractivity contribution >= 4 is 29.9 Å². The lowest BCUT2D eigenvalue weighted by molar-refractivity contribution is -0.146. The number of nitrogens with one attached hydrogen (secondary N) is 1. The first-order valence-electron chi connectivity index (χ1n) is 10.2. The molecule has 172 valence electrons. The first-order valence-corrected chi connectivity index (χ1v) is 10.2. The van der Waals surface area contributed by atoms with Crippen LogP contribution in [0.2, 0.25) is 0 Å². The van der Waals surface area contributed by atoms with Crippen molar-refractivity contribution in [3.05, 3.63) is 23.9 Å². The molecule has 1 aromatic rings. The third-order valence-corrected chi connectivity index (χ3v) is 4.87. The van der Waals surface area contributed by atoms with Gasteiger partial charge in [-0.2, -0.15) is 13.2 Å². The largest absolute Gasteiger partial charge is 0.478 e. The molecule has 0 aliphatic carbocycles. The van der Waals surface area contributed by atoms with Gasteiger partial charge >= 0.3 is 6.18 Å². The van der Waals surface area contributed by atoms with Crippen molar-refractivity contribution in [2.45, 2.75) is 39.4 Å². The van der Waals surface area contributed by atoms with E-state index in [4.69, 9.17) is 4.74 Å². The zero-order valence-electron chi connectivity index (χ0n) is 17.9. The van der Waals surface area contributed by atoms with Crippen LogP contribution in [0.5, 0.6) is 5.88 Å². The highest BCUT2D eigenvalue weighted by Crippen LogP contribution is 2.21. The maximum absolute atomic E-state index is 12.7. The summed E-state index contributed by atoms with van der Waals surface area (Å²) in [6.07, 6.45) is -0.587. The van der Waals surface area contributed by atoms with Gasteiger partial charge in [-0.05, 0) is 30.9 Å². The molecule has 0 spiro atoms. The van der Waals surface area contributed by atoms with E-state index in [0.29, 0.717) is 38.7 Å². The summed E-state index contributed by atoms with van der Waals surface area (Å²) >= 11 is 0. The molecule has 10 heteroatoms. The first kappa shape index (κ1) is 26.7. The van der Waals surface area contributed by atoms with Gasteiger partial charge in [-0.15, -0.1) is 24.0 Å². The number of likely N-dealkylation sites (tertiary alicyclic amines) is 1. The fraction of sp³-hybridized carbons (Fsp3) is 0.700. The van der Waals surface area contributed by atoms with Crippen molar-refractivity contribution in [1.29, 1.82) is 0 Å². The number of rotatable bonds is 9. The van der Waals surface area contributed by atoms with Gasteiger partial charge in [0.25, 0.3) is 0 Å². The SMILES string of the molecule is CCCOc1ccc(CNC(=NC)N2CCC(CN(CC)CC(F)(F)F)C2)cn1.I. The van der Waals surface area contributed by atoms with Crippen LogP contribution < -0.4 is 10.1 Å². The van der Waals surface area contributed by atoms with Crippen molar-refractivity contribution in [2.24, 2.45) is 10.9 Å². The Morgan fingerprint density at radius 1 is 1.37 bits per heavy atom. The van der Waals surface area contributed by atoms with Crippen molar-refractivity contribution < 1.29 is 17.9 Å². The summed E-state index contributed by atoms with van der Waals surface area (Å²) in [5.74, 6) is 1.58. The minimum absolute atomic E-state index is 0. The molecule has 0 radical (unpaired) electrons. The molecular weight excluding hydrogens is 510 g/mol. The van der Waals surface area contributed by atoms with Crippen LogP contribution in [0.25, 0.3) is 0 Å². The molecule has 1 saturated heterocycles. The number of alkyl halides is 3. The molecule has 1 unspecified atom stereocenters. The molecule has 1 aliphatic rings. The van der Waals surface area contributed by atoms with Crippen molar-refractivity contribution in [2.75, 3.05) is 46.4 Å². The number of nitrogens with zero attached hydrogens (tertiary/aromatic N) is 4. The highest BCUT2D eigenvalue weighted by atomic mass is 127. The molecule has 0 saturated carbocycles. The second-order valence-electron chi connectivity index (χ2n) is 7.30. The van der Waals surface area contributed by atoms with E-state index in [0.717, 1.165) is 30.9 Å². The zero-order valence-corrected chi connectivity index (χ0v) is 20.2. The molecule has 0 aromatic carbocycles. The number of pyridine rings is 1. The quantitative estimate of drug-likeness (QED) is 0.292. The van der Waals surface area contributed by atoms with Gasteiger partial charge < -0.3 is 15.0 Å². The average Bonchev–Trinajstić information content (AvgIpc) is 3.14. The van der Waals surface area contributed by atoms with E-state index in [1.807, 2.05) is 19.1 Å². The van der Waals surface area contributed by atoms with E-state index in [1.165, 1.54) is 4.90 Å². The molecule has 2 heterocycles. The number of hydrogen-bond acceptors (Lipinski definition) is 4. The van der Waals surface area contributed by atoms with Crippen molar-refractivity contribution in [1.82, 2.24) is 20.1 Å². The normalized spacial score (nSPS) is 17.2. The van der Waals surface area contributed by atoms with Crippen LogP contribution in [0.3, 0.4) is 0 Å². The van der Waals surface area contributed by atoms with Gasteiger partial charge in [-0.1, -0.05) is 19.9 Å². The standard InChI is InChI=1S/C20H32F3N5O.HI/c1-4-10-29-18-7-6-16(11-25-18)12-26-19(24-3)28-9-8-17(14-28)13-27(5-2)15-20(21,22)23;/h6-7,11,17H,4-5,8-10,12-15H2,1-3H3,(H,24,26);1H. The van der Waals surface area contributed by atoms with Gasteiger partial charge in [0.2, 0.25) is 5.88 Å².